The molecule has 1 N–H and O–H groups in total. The molecule has 1 heterocycles. The number of nitrogens with zero attached hydrogens (tertiary/aromatic N) is 1. The molecular weight excluding hydrogens is 428 g/mol. The van der Waals surface area contributed by atoms with Crippen molar-refractivity contribution in [3.63, 3.8) is 0 Å². The summed E-state index contributed by atoms with van der Waals surface area (Å²) in [5, 5.41) is 3.23. The quantitative estimate of drug-likeness (QED) is 0.467. The molecule has 178 valence electrons. The van der Waals surface area contributed by atoms with Crippen LogP contribution >= 0.6 is 0 Å². The van der Waals surface area contributed by atoms with Crippen molar-refractivity contribution < 1.29 is 19.1 Å². The van der Waals surface area contributed by atoms with Gasteiger partial charge in [-0.15, -0.1) is 0 Å². The Labute approximate surface area is 200 Å². The van der Waals surface area contributed by atoms with E-state index in [1.54, 1.807) is 14.0 Å². The Bertz CT molecular complexity index is 1160. The second kappa shape index (κ2) is 10.6. The van der Waals surface area contributed by atoms with Gasteiger partial charge in [0, 0.05) is 24.4 Å². The van der Waals surface area contributed by atoms with Crippen LogP contribution in [0.15, 0.2) is 54.6 Å². The molecule has 3 aromatic rings. The Kier molecular flexibility index (Phi) is 7.36. The maximum absolute atomic E-state index is 12.9. The lowest BCUT2D eigenvalue weighted by Crippen LogP contribution is -2.31. The highest BCUT2D eigenvalue weighted by atomic mass is 16.5. The first-order valence-corrected chi connectivity index (χ1v) is 11.9. The Morgan fingerprint density at radius 3 is 2.62 bits per heavy atom. The Hall–Kier alpha value is -3.54. The van der Waals surface area contributed by atoms with Crippen molar-refractivity contribution in [3.8, 4) is 17.0 Å². The van der Waals surface area contributed by atoms with Gasteiger partial charge in [-0.1, -0.05) is 24.3 Å². The summed E-state index contributed by atoms with van der Waals surface area (Å²) in [6.07, 6.45) is 3.41. The maximum Gasteiger partial charge on any atom is 0.339 e. The molecule has 1 amide bonds. The van der Waals surface area contributed by atoms with Crippen LogP contribution in [0.1, 0.15) is 59.4 Å². The van der Waals surface area contributed by atoms with E-state index in [4.69, 9.17) is 9.47 Å². The van der Waals surface area contributed by atoms with Gasteiger partial charge < -0.3 is 19.4 Å². The molecule has 1 aromatic heterocycles. The monoisotopic (exact) mass is 460 g/mol. The zero-order chi connectivity index (χ0) is 24.1. The minimum Gasteiger partial charge on any atom is -0.497 e. The third-order valence-electron chi connectivity index (χ3n) is 6.51. The van der Waals surface area contributed by atoms with Crippen LogP contribution < -0.4 is 10.1 Å². The third-order valence-corrected chi connectivity index (χ3v) is 6.51. The van der Waals surface area contributed by atoms with Gasteiger partial charge >= 0.3 is 5.97 Å². The predicted octanol–water partition coefficient (Wildman–Crippen LogP) is 5.23. The van der Waals surface area contributed by atoms with E-state index in [9.17, 15) is 9.59 Å². The van der Waals surface area contributed by atoms with E-state index < -0.39 is 0 Å². The van der Waals surface area contributed by atoms with Crippen LogP contribution in [-0.2, 0) is 22.5 Å². The van der Waals surface area contributed by atoms with E-state index in [1.165, 1.54) is 11.1 Å². The van der Waals surface area contributed by atoms with Crippen molar-refractivity contribution in [2.45, 2.75) is 52.1 Å². The number of aromatic nitrogens is 1. The minimum absolute atomic E-state index is 0.00756. The summed E-state index contributed by atoms with van der Waals surface area (Å²) in [4.78, 5) is 25.5. The number of methoxy groups -OCH3 is 1. The van der Waals surface area contributed by atoms with Crippen molar-refractivity contribution >= 4 is 11.9 Å². The molecule has 0 radical (unpaired) electrons. The van der Waals surface area contributed by atoms with Crippen molar-refractivity contribution in [1.82, 2.24) is 9.88 Å². The standard InChI is InChI=1S/C28H32N2O4/c1-4-34-28(32)24-18-26(21-12-14-22(33-3)15-13-21)30(19(24)2)17-16-27(31)29-25-11-7-9-20-8-5-6-10-23(20)25/h5-6,8,10,12-15,18,25H,4,7,9,11,16-17H2,1-3H3,(H,29,31). The fourth-order valence-corrected chi connectivity index (χ4v) is 4.73. The minimum atomic E-state index is -0.350. The van der Waals surface area contributed by atoms with E-state index in [2.05, 4.69) is 23.5 Å². The molecule has 1 unspecified atom stereocenters. The summed E-state index contributed by atoms with van der Waals surface area (Å²) in [5.41, 5.74) is 5.68. The number of hydrogen-bond donors (Lipinski definition) is 1. The molecule has 0 aliphatic heterocycles. The highest BCUT2D eigenvalue weighted by Gasteiger charge is 2.23. The lowest BCUT2D eigenvalue weighted by Gasteiger charge is -2.26. The summed E-state index contributed by atoms with van der Waals surface area (Å²) in [5.74, 6) is 0.418. The first-order chi connectivity index (χ1) is 16.5. The van der Waals surface area contributed by atoms with Gasteiger partial charge in [0.05, 0.1) is 25.3 Å². The maximum atomic E-state index is 12.9. The van der Waals surface area contributed by atoms with Crippen LogP contribution in [0.25, 0.3) is 11.3 Å². The van der Waals surface area contributed by atoms with Crippen LogP contribution in [-0.4, -0.2) is 30.2 Å². The highest BCUT2D eigenvalue weighted by Crippen LogP contribution is 2.30. The molecule has 0 saturated heterocycles. The summed E-state index contributed by atoms with van der Waals surface area (Å²) < 4.78 is 12.6. The topological polar surface area (TPSA) is 69.6 Å². The van der Waals surface area contributed by atoms with Crippen molar-refractivity contribution in [1.29, 1.82) is 0 Å². The number of benzene rings is 2. The summed E-state index contributed by atoms with van der Waals surface area (Å²) >= 11 is 0. The average molecular weight is 461 g/mol. The van der Waals surface area contributed by atoms with Crippen LogP contribution in [0.4, 0.5) is 0 Å². The number of ether oxygens (including phenoxy) is 2. The first kappa shape index (κ1) is 23.6. The Balaban J connectivity index is 1.54. The number of aryl methyl sites for hydroxylation is 1. The van der Waals surface area contributed by atoms with E-state index in [0.29, 0.717) is 25.1 Å². The summed E-state index contributed by atoms with van der Waals surface area (Å²) in [6.45, 7) is 4.47. The largest absolute Gasteiger partial charge is 0.497 e. The summed E-state index contributed by atoms with van der Waals surface area (Å²) in [6, 6.07) is 17.9. The molecule has 6 nitrogen and oxygen atoms in total. The number of amides is 1. The second-order valence-electron chi connectivity index (χ2n) is 8.59. The number of esters is 1. The summed E-state index contributed by atoms with van der Waals surface area (Å²) in [7, 11) is 1.63. The molecule has 1 aliphatic rings. The van der Waals surface area contributed by atoms with Gasteiger partial charge in [0.25, 0.3) is 0 Å². The smallest absolute Gasteiger partial charge is 0.339 e. The lowest BCUT2D eigenvalue weighted by molar-refractivity contribution is -0.122. The number of nitrogens with one attached hydrogen (secondary N) is 1. The number of hydrogen-bond acceptors (Lipinski definition) is 4. The van der Waals surface area contributed by atoms with E-state index in [1.807, 2.05) is 47.9 Å². The molecule has 6 heteroatoms. The molecule has 34 heavy (non-hydrogen) atoms. The van der Waals surface area contributed by atoms with Gasteiger partial charge in [-0.2, -0.15) is 0 Å². The molecule has 0 bridgehead atoms. The average Bonchev–Trinajstić information content (AvgIpc) is 3.19. The molecule has 1 atom stereocenters. The van der Waals surface area contributed by atoms with Crippen LogP contribution in [0.3, 0.4) is 0 Å². The zero-order valence-corrected chi connectivity index (χ0v) is 20.1. The molecule has 0 spiro atoms. The third kappa shape index (κ3) is 5.01. The van der Waals surface area contributed by atoms with Crippen molar-refractivity contribution in [2.24, 2.45) is 0 Å². The van der Waals surface area contributed by atoms with Gasteiger partial charge in [-0.05, 0) is 80.1 Å². The van der Waals surface area contributed by atoms with Crippen molar-refractivity contribution in [2.75, 3.05) is 13.7 Å². The number of carbonyl (C=O) groups is 2. The molecule has 0 saturated carbocycles. The van der Waals surface area contributed by atoms with Crippen LogP contribution in [0.5, 0.6) is 5.75 Å². The number of rotatable bonds is 8. The zero-order valence-electron chi connectivity index (χ0n) is 20.1. The first-order valence-electron chi connectivity index (χ1n) is 11.9. The lowest BCUT2D eigenvalue weighted by atomic mass is 9.87. The van der Waals surface area contributed by atoms with Gasteiger partial charge in [0.15, 0.2) is 0 Å². The fraction of sp³-hybridized carbons (Fsp3) is 0.357. The number of fused-ring (bicyclic) bond motifs is 1. The van der Waals surface area contributed by atoms with Gasteiger partial charge in [0.1, 0.15) is 5.75 Å². The Morgan fingerprint density at radius 1 is 1.12 bits per heavy atom. The van der Waals surface area contributed by atoms with E-state index in [0.717, 1.165) is 42.0 Å². The van der Waals surface area contributed by atoms with Crippen LogP contribution in [0.2, 0.25) is 0 Å². The van der Waals surface area contributed by atoms with Gasteiger partial charge in [0.2, 0.25) is 5.91 Å². The fourth-order valence-electron chi connectivity index (χ4n) is 4.73. The van der Waals surface area contributed by atoms with Crippen LogP contribution in [0, 0.1) is 6.92 Å². The van der Waals surface area contributed by atoms with Crippen molar-refractivity contribution in [3.05, 3.63) is 77.0 Å². The van der Waals surface area contributed by atoms with E-state index in [-0.39, 0.29) is 17.9 Å². The predicted molar refractivity (Wildman–Crippen MR) is 132 cm³/mol. The second-order valence-corrected chi connectivity index (χ2v) is 8.59. The number of carbonyl (C=O) groups excluding carboxylic acids is 2. The molecule has 2 aromatic carbocycles. The molecule has 1 aliphatic carbocycles. The van der Waals surface area contributed by atoms with E-state index >= 15 is 0 Å². The molecule has 4 rings (SSSR count). The normalized spacial score (nSPS) is 14.9. The highest BCUT2D eigenvalue weighted by molar-refractivity contribution is 5.92. The Morgan fingerprint density at radius 2 is 1.88 bits per heavy atom. The molecule has 0 fully saturated rings. The molecular formula is C28H32N2O4. The van der Waals surface area contributed by atoms with Gasteiger partial charge in [-0.3, -0.25) is 4.79 Å². The van der Waals surface area contributed by atoms with Gasteiger partial charge in [-0.25, -0.2) is 4.79 Å². The SMILES string of the molecule is CCOC(=O)c1cc(-c2ccc(OC)cc2)n(CCC(=O)NC2CCCc3ccccc32)c1C.